The van der Waals surface area contributed by atoms with Crippen molar-refractivity contribution in [3.8, 4) is 11.5 Å². The standard InChI is InChI=1S/C13H9N3O5/c17-16(18)11-5-13-12(20-8-21-13)4-9(11)6-14-15-7-10-2-1-3-19-10/h1-7H,8H2/b14-6+,15-7-. The second kappa shape index (κ2) is 5.45. The highest BCUT2D eigenvalue weighted by Crippen LogP contribution is 2.37. The summed E-state index contributed by atoms with van der Waals surface area (Å²) in [7, 11) is 0. The fourth-order valence-corrected chi connectivity index (χ4v) is 1.76. The summed E-state index contributed by atoms with van der Waals surface area (Å²) in [5.74, 6) is 1.32. The van der Waals surface area contributed by atoms with Crippen LogP contribution < -0.4 is 9.47 Å². The van der Waals surface area contributed by atoms with E-state index in [1.54, 1.807) is 12.1 Å². The van der Waals surface area contributed by atoms with E-state index < -0.39 is 4.92 Å². The largest absolute Gasteiger partial charge is 0.463 e. The maximum atomic E-state index is 11.0. The SMILES string of the molecule is O=[N+]([O-])c1cc2c(cc1/C=N/N=C\c1ccco1)OCO2. The third-order valence-corrected chi connectivity index (χ3v) is 2.71. The Bertz CT molecular complexity index is 722. The van der Waals surface area contributed by atoms with Crippen molar-refractivity contribution in [3.63, 3.8) is 0 Å². The molecule has 8 heteroatoms. The minimum absolute atomic E-state index is 0.0454. The van der Waals surface area contributed by atoms with Gasteiger partial charge in [0.2, 0.25) is 6.79 Å². The Hall–Kier alpha value is -3.16. The summed E-state index contributed by atoms with van der Waals surface area (Å²) >= 11 is 0. The Labute approximate surface area is 118 Å². The highest BCUT2D eigenvalue weighted by molar-refractivity contribution is 5.87. The Morgan fingerprint density at radius 2 is 1.95 bits per heavy atom. The first-order valence-corrected chi connectivity index (χ1v) is 5.92. The summed E-state index contributed by atoms with van der Waals surface area (Å²) in [6, 6.07) is 6.22. The first kappa shape index (κ1) is 12.9. The minimum Gasteiger partial charge on any atom is -0.463 e. The molecule has 1 aliphatic rings. The molecule has 21 heavy (non-hydrogen) atoms. The number of benzene rings is 1. The van der Waals surface area contributed by atoms with Crippen LogP contribution in [0.4, 0.5) is 5.69 Å². The van der Waals surface area contributed by atoms with E-state index in [1.165, 1.54) is 30.8 Å². The van der Waals surface area contributed by atoms with Crippen LogP contribution in [0.5, 0.6) is 11.5 Å². The van der Waals surface area contributed by atoms with Crippen molar-refractivity contribution < 1.29 is 18.8 Å². The van der Waals surface area contributed by atoms with Crippen molar-refractivity contribution in [2.24, 2.45) is 10.2 Å². The molecule has 2 aromatic rings. The van der Waals surface area contributed by atoms with Crippen molar-refractivity contribution in [1.82, 2.24) is 0 Å². The number of nitrogens with zero attached hydrogens (tertiary/aromatic N) is 3. The predicted octanol–water partition coefficient (Wildman–Crippen LogP) is 2.37. The van der Waals surface area contributed by atoms with Gasteiger partial charge in [-0.25, -0.2) is 0 Å². The summed E-state index contributed by atoms with van der Waals surface area (Å²) < 4.78 is 15.3. The number of nitro groups is 1. The van der Waals surface area contributed by atoms with Crippen LogP contribution in [0.25, 0.3) is 0 Å². The third kappa shape index (κ3) is 2.73. The Balaban J connectivity index is 1.85. The smallest absolute Gasteiger partial charge is 0.282 e. The van der Waals surface area contributed by atoms with E-state index in [9.17, 15) is 10.1 Å². The molecule has 8 nitrogen and oxygen atoms in total. The molecule has 1 aliphatic heterocycles. The lowest BCUT2D eigenvalue weighted by Crippen LogP contribution is -1.94. The van der Waals surface area contributed by atoms with Crippen molar-refractivity contribution in [3.05, 3.63) is 52.0 Å². The molecule has 1 aromatic heterocycles. The lowest BCUT2D eigenvalue weighted by molar-refractivity contribution is -0.385. The molecule has 0 saturated heterocycles. The van der Waals surface area contributed by atoms with Crippen LogP contribution in [-0.4, -0.2) is 24.1 Å². The summed E-state index contributed by atoms with van der Waals surface area (Å²) in [6.07, 6.45) is 4.18. The van der Waals surface area contributed by atoms with Crippen LogP contribution in [0.15, 0.2) is 45.1 Å². The second-order valence-electron chi connectivity index (χ2n) is 4.03. The number of fused-ring (bicyclic) bond motifs is 1. The van der Waals surface area contributed by atoms with Crippen LogP contribution in [0.1, 0.15) is 11.3 Å². The van der Waals surface area contributed by atoms with Gasteiger partial charge in [0.15, 0.2) is 11.5 Å². The topological polar surface area (TPSA) is 99.5 Å². The fourth-order valence-electron chi connectivity index (χ4n) is 1.76. The lowest BCUT2D eigenvalue weighted by atomic mass is 10.1. The fraction of sp³-hybridized carbons (Fsp3) is 0.0769. The number of furan rings is 1. The molecule has 0 fully saturated rings. The van der Waals surface area contributed by atoms with E-state index in [1.807, 2.05) is 0 Å². The number of hydrogen-bond acceptors (Lipinski definition) is 7. The van der Waals surface area contributed by atoms with Gasteiger partial charge in [-0.2, -0.15) is 10.2 Å². The van der Waals surface area contributed by atoms with Crippen molar-refractivity contribution in [1.29, 1.82) is 0 Å². The van der Waals surface area contributed by atoms with Gasteiger partial charge in [-0.05, 0) is 18.2 Å². The highest BCUT2D eigenvalue weighted by Gasteiger charge is 2.22. The molecule has 0 aliphatic carbocycles. The van der Waals surface area contributed by atoms with Crippen LogP contribution in [0.3, 0.4) is 0 Å². The van der Waals surface area contributed by atoms with Crippen LogP contribution >= 0.6 is 0 Å². The van der Waals surface area contributed by atoms with Gasteiger partial charge < -0.3 is 13.9 Å². The van der Waals surface area contributed by atoms with E-state index in [0.717, 1.165) is 0 Å². The first-order valence-electron chi connectivity index (χ1n) is 5.92. The zero-order chi connectivity index (χ0) is 14.7. The Morgan fingerprint density at radius 3 is 2.67 bits per heavy atom. The third-order valence-electron chi connectivity index (χ3n) is 2.71. The predicted molar refractivity (Wildman–Crippen MR) is 73.1 cm³/mol. The molecule has 0 spiro atoms. The Morgan fingerprint density at radius 1 is 1.19 bits per heavy atom. The molecule has 0 amide bonds. The Kier molecular flexibility index (Phi) is 3.34. The van der Waals surface area contributed by atoms with E-state index in [2.05, 4.69) is 10.2 Å². The molecule has 1 aromatic carbocycles. The average molecular weight is 287 g/mol. The van der Waals surface area contributed by atoms with Gasteiger partial charge >= 0.3 is 0 Å². The molecule has 0 saturated carbocycles. The van der Waals surface area contributed by atoms with Gasteiger partial charge in [0, 0.05) is 0 Å². The molecule has 3 rings (SSSR count). The molecule has 0 unspecified atom stereocenters. The monoisotopic (exact) mass is 287 g/mol. The van der Waals surface area contributed by atoms with Gasteiger partial charge in [0.05, 0.1) is 35.2 Å². The molecular weight excluding hydrogens is 278 g/mol. The average Bonchev–Trinajstić information content (AvgIpc) is 3.13. The molecule has 0 radical (unpaired) electrons. The zero-order valence-electron chi connectivity index (χ0n) is 10.6. The van der Waals surface area contributed by atoms with Crippen LogP contribution in [0.2, 0.25) is 0 Å². The molecular formula is C13H9N3O5. The number of hydrogen-bond donors (Lipinski definition) is 0. The summed E-state index contributed by atoms with van der Waals surface area (Å²) in [5, 5.41) is 18.6. The van der Waals surface area contributed by atoms with Gasteiger partial charge in [-0.15, -0.1) is 0 Å². The molecule has 2 heterocycles. The summed E-state index contributed by atoms with van der Waals surface area (Å²) in [6.45, 7) is 0.0454. The van der Waals surface area contributed by atoms with Crippen molar-refractivity contribution in [2.45, 2.75) is 0 Å². The molecule has 106 valence electrons. The van der Waals surface area contributed by atoms with Crippen LogP contribution in [0, 0.1) is 10.1 Å². The van der Waals surface area contributed by atoms with Gasteiger partial charge in [-0.1, -0.05) is 0 Å². The highest BCUT2D eigenvalue weighted by atomic mass is 16.7. The van der Waals surface area contributed by atoms with E-state index in [-0.39, 0.29) is 18.0 Å². The van der Waals surface area contributed by atoms with Gasteiger partial charge in [0.1, 0.15) is 5.76 Å². The van der Waals surface area contributed by atoms with Gasteiger partial charge in [0.25, 0.3) is 5.69 Å². The minimum atomic E-state index is -0.514. The van der Waals surface area contributed by atoms with Crippen molar-refractivity contribution >= 4 is 18.1 Å². The second-order valence-corrected chi connectivity index (χ2v) is 4.03. The lowest BCUT2D eigenvalue weighted by Gasteiger charge is -1.99. The van der Waals surface area contributed by atoms with Gasteiger partial charge in [-0.3, -0.25) is 10.1 Å². The van der Waals surface area contributed by atoms with E-state index in [4.69, 9.17) is 13.9 Å². The molecule has 0 bridgehead atoms. The van der Waals surface area contributed by atoms with E-state index >= 15 is 0 Å². The van der Waals surface area contributed by atoms with E-state index in [0.29, 0.717) is 17.3 Å². The first-order chi connectivity index (χ1) is 10.2. The molecule has 0 atom stereocenters. The summed E-state index contributed by atoms with van der Waals surface area (Å²) in [5.41, 5.74) is 0.150. The number of rotatable bonds is 4. The van der Waals surface area contributed by atoms with Crippen molar-refractivity contribution in [2.75, 3.05) is 6.79 Å². The quantitative estimate of drug-likeness (QED) is 0.488. The maximum absolute atomic E-state index is 11.0. The molecule has 0 N–H and O–H groups in total. The zero-order valence-corrected chi connectivity index (χ0v) is 10.6. The summed E-state index contributed by atoms with van der Waals surface area (Å²) in [4.78, 5) is 10.5. The van der Waals surface area contributed by atoms with Crippen LogP contribution in [-0.2, 0) is 0 Å². The normalized spacial score (nSPS) is 13.3. The maximum Gasteiger partial charge on any atom is 0.282 e. The number of nitro benzene ring substituents is 1. The number of ether oxygens (including phenoxy) is 2.